The number of amides is 2. The second-order valence-electron chi connectivity index (χ2n) is 14.9. The number of hydrogen-bond acceptors (Lipinski definition) is 16. The predicted molar refractivity (Wildman–Crippen MR) is 207 cm³/mol. The maximum Gasteiger partial charge on any atom is 0.519 e. The molecule has 1 saturated carbocycles. The molecule has 1 fully saturated rings. The molecule has 3 unspecified atom stereocenters. The van der Waals surface area contributed by atoms with Gasteiger partial charge in [-0.3, -0.25) is 24.2 Å². The van der Waals surface area contributed by atoms with E-state index in [9.17, 15) is 49.2 Å². The molecule has 0 spiro atoms. The summed E-state index contributed by atoms with van der Waals surface area (Å²) in [7, 11) is 6.52. The number of aldehydes is 1. The summed E-state index contributed by atoms with van der Waals surface area (Å²) < 4.78 is 15.7. The number of carbonyl (C=O) groups excluding carboxylic acids is 5. The van der Waals surface area contributed by atoms with E-state index in [1.807, 2.05) is 0 Å². The molecule has 0 radical (unpaired) electrons. The zero-order valence-electron chi connectivity index (χ0n) is 32.5. The molecule has 0 aliphatic heterocycles. The van der Waals surface area contributed by atoms with E-state index in [2.05, 4.69) is 5.32 Å². The standard InChI is InChI=1S/C40H45N5O13/c1-6-21(17-45(12-13-46)38(53)56-18-26-34(58-39(54)57-26)19-10-8-7-9-11-19)42-24-16-25(43(2)3)22-14-20-15-23-30(44(4)5)33(49)29(37(41)52)36(51)40(23,55)35(50)27(20)32(48)28(22)31(24)47/h7-11,13,16,20-21,23,30,42,47-48,51,55H,6,12,14-15,17-18H2,1-5H3,(H2,41,52)/t20?,21?,23?,30-,40-/m0/s1. The molecule has 0 saturated heterocycles. The summed E-state index contributed by atoms with van der Waals surface area (Å²) in [5, 5.41) is 50.0. The Morgan fingerprint density at radius 1 is 1.09 bits per heavy atom. The lowest BCUT2D eigenvalue weighted by molar-refractivity contribution is -0.153. The van der Waals surface area contributed by atoms with Crippen LogP contribution in [0.5, 0.6) is 5.75 Å². The first kappa shape index (κ1) is 41.2. The summed E-state index contributed by atoms with van der Waals surface area (Å²) in [5.41, 5.74) is 2.89. The van der Waals surface area contributed by atoms with Crippen molar-refractivity contribution in [1.82, 2.24) is 9.80 Å². The van der Waals surface area contributed by atoms with Gasteiger partial charge >= 0.3 is 11.9 Å². The number of likely N-dealkylation sites (N-methyl/N-ethyl adjacent to an activating group) is 1. The number of nitrogens with one attached hydrogen (secondary N) is 1. The largest absolute Gasteiger partial charge is 0.519 e. The van der Waals surface area contributed by atoms with Crippen molar-refractivity contribution in [3.8, 4) is 17.1 Å². The number of phenols is 1. The summed E-state index contributed by atoms with van der Waals surface area (Å²) in [6, 6.07) is 8.34. The molecule has 1 heterocycles. The van der Waals surface area contributed by atoms with Crippen LogP contribution in [0, 0.1) is 11.8 Å². The number of rotatable bonds is 13. The number of carbonyl (C=O) groups is 5. The van der Waals surface area contributed by atoms with Crippen LogP contribution in [0.4, 0.5) is 16.2 Å². The first-order valence-electron chi connectivity index (χ1n) is 18.5. The summed E-state index contributed by atoms with van der Waals surface area (Å²) in [6.07, 6.45) is -0.0658. The number of nitrogens with zero attached hydrogens (tertiary/aromatic N) is 3. The van der Waals surface area contributed by atoms with Gasteiger partial charge in [0, 0.05) is 49.4 Å². The lowest BCUT2D eigenvalue weighted by Crippen LogP contribution is -2.65. The zero-order valence-corrected chi connectivity index (χ0v) is 32.5. The molecule has 7 N–H and O–H groups in total. The molecule has 18 heteroatoms. The van der Waals surface area contributed by atoms with Gasteiger partial charge in [0.2, 0.25) is 5.78 Å². The van der Waals surface area contributed by atoms with Crippen molar-refractivity contribution in [2.75, 3.05) is 51.5 Å². The van der Waals surface area contributed by atoms with E-state index < -0.39 is 88.4 Å². The molecule has 2 amide bonds. The number of benzene rings is 2. The van der Waals surface area contributed by atoms with Crippen LogP contribution in [-0.2, 0) is 36.9 Å². The van der Waals surface area contributed by atoms with Crippen LogP contribution in [0.2, 0.25) is 0 Å². The summed E-state index contributed by atoms with van der Waals surface area (Å²) in [4.78, 5) is 81.3. The Morgan fingerprint density at radius 3 is 2.38 bits per heavy atom. The highest BCUT2D eigenvalue weighted by Gasteiger charge is 2.64. The third kappa shape index (κ3) is 6.97. The Hall–Kier alpha value is -6.40. The normalized spacial score (nSPS) is 21.9. The van der Waals surface area contributed by atoms with Gasteiger partial charge in [0.05, 0.1) is 23.8 Å². The monoisotopic (exact) mass is 803 g/mol. The van der Waals surface area contributed by atoms with Crippen LogP contribution in [0.15, 0.2) is 66.9 Å². The van der Waals surface area contributed by atoms with Crippen LogP contribution < -0.4 is 21.8 Å². The molecule has 6 rings (SSSR count). The first-order valence-corrected chi connectivity index (χ1v) is 18.5. The smallest absolute Gasteiger partial charge is 0.508 e. The first-order chi connectivity index (χ1) is 27.5. The van der Waals surface area contributed by atoms with E-state index in [4.69, 9.17) is 19.3 Å². The third-order valence-corrected chi connectivity index (χ3v) is 11.0. The van der Waals surface area contributed by atoms with Gasteiger partial charge in [-0.05, 0) is 50.9 Å². The fourth-order valence-electron chi connectivity index (χ4n) is 8.31. The molecule has 0 bridgehead atoms. The van der Waals surface area contributed by atoms with Gasteiger partial charge in [-0.2, -0.15) is 0 Å². The van der Waals surface area contributed by atoms with Crippen molar-refractivity contribution in [3.63, 3.8) is 0 Å². The summed E-state index contributed by atoms with van der Waals surface area (Å²) >= 11 is 0. The lowest BCUT2D eigenvalue weighted by Gasteiger charge is -2.50. The van der Waals surface area contributed by atoms with Crippen LogP contribution in [0.1, 0.15) is 36.7 Å². The SMILES string of the molecule is CCC(CN(CC=O)C(=O)OCc1oc(=O)oc1-c1ccccc1)Nc1cc(N(C)C)c2c(c1O)C(O)=C1C(=O)[C@]3(O)C(O)=C(C(N)=O)C(=O)[C@@H](N(C)C)C3CC1C2. The van der Waals surface area contributed by atoms with Crippen LogP contribution >= 0.6 is 0 Å². The van der Waals surface area contributed by atoms with Gasteiger partial charge in [-0.15, -0.1) is 0 Å². The van der Waals surface area contributed by atoms with E-state index in [0.29, 0.717) is 29.5 Å². The quantitative estimate of drug-likeness (QED) is 0.0822. The van der Waals surface area contributed by atoms with Gasteiger partial charge in [0.1, 0.15) is 29.1 Å². The van der Waals surface area contributed by atoms with Crippen LogP contribution in [-0.4, -0.2) is 119 Å². The lowest BCUT2D eigenvalue weighted by atomic mass is 9.57. The van der Waals surface area contributed by atoms with Crippen molar-refractivity contribution >= 4 is 47.0 Å². The number of nitrogens with two attached hydrogens (primary N) is 1. The fourth-order valence-corrected chi connectivity index (χ4v) is 8.31. The Bertz CT molecular complexity index is 2290. The number of anilines is 2. The van der Waals surface area contributed by atoms with Crippen molar-refractivity contribution in [2.24, 2.45) is 17.6 Å². The number of phenolic OH excluding ortho intramolecular Hbond substituents is 1. The van der Waals surface area contributed by atoms with Gasteiger partial charge in [0.15, 0.2) is 29.5 Å². The number of ketones is 2. The van der Waals surface area contributed by atoms with E-state index in [0.717, 1.165) is 4.90 Å². The zero-order chi connectivity index (χ0) is 42.4. The average molecular weight is 804 g/mol. The van der Waals surface area contributed by atoms with Crippen LogP contribution in [0.3, 0.4) is 0 Å². The van der Waals surface area contributed by atoms with E-state index in [-0.39, 0.29) is 54.3 Å². The molecule has 2 aromatic carbocycles. The van der Waals surface area contributed by atoms with Crippen molar-refractivity contribution in [3.05, 3.63) is 80.8 Å². The summed E-state index contributed by atoms with van der Waals surface area (Å²) in [6.45, 7) is 0.800. The van der Waals surface area contributed by atoms with Gasteiger partial charge in [-0.1, -0.05) is 37.3 Å². The number of primary amides is 1. The number of aliphatic hydroxyl groups excluding tert-OH is 2. The Morgan fingerprint density at radius 2 is 1.78 bits per heavy atom. The van der Waals surface area contributed by atoms with E-state index in [1.165, 1.54) is 19.0 Å². The fraction of sp³-hybridized carbons (Fsp3) is 0.400. The maximum absolute atomic E-state index is 14.4. The highest BCUT2D eigenvalue weighted by molar-refractivity contribution is 6.24. The van der Waals surface area contributed by atoms with Crippen molar-refractivity contribution < 1.29 is 58.0 Å². The topological polar surface area (TPSA) is 267 Å². The highest BCUT2D eigenvalue weighted by Crippen LogP contribution is 2.54. The second-order valence-corrected chi connectivity index (χ2v) is 14.9. The van der Waals surface area contributed by atoms with E-state index in [1.54, 1.807) is 62.3 Å². The third-order valence-electron chi connectivity index (χ3n) is 11.0. The number of fused-ring (bicyclic) bond motifs is 3. The number of aliphatic hydroxyl groups is 3. The number of Topliss-reactive ketones (excluding diaryl/α,β-unsaturated/α-hetero) is 2. The predicted octanol–water partition coefficient (Wildman–Crippen LogP) is 2.27. The summed E-state index contributed by atoms with van der Waals surface area (Å²) in [5.74, 6) is -8.60. The Labute approximate surface area is 331 Å². The minimum atomic E-state index is -2.80. The molecule has 18 nitrogen and oxygen atoms in total. The average Bonchev–Trinajstić information content (AvgIpc) is 3.55. The minimum Gasteiger partial charge on any atom is -0.508 e. The Balaban J connectivity index is 1.31. The minimum absolute atomic E-state index is 0.0414. The van der Waals surface area contributed by atoms with Crippen molar-refractivity contribution in [2.45, 2.75) is 50.5 Å². The molecule has 58 heavy (non-hydrogen) atoms. The van der Waals surface area contributed by atoms with E-state index >= 15 is 0 Å². The molecule has 3 aliphatic carbocycles. The number of hydrogen-bond donors (Lipinski definition) is 6. The molecular weight excluding hydrogens is 758 g/mol. The Kier molecular flexibility index (Phi) is 11.3. The van der Waals surface area contributed by atoms with Gasteiger partial charge in [0.25, 0.3) is 5.91 Å². The molecule has 308 valence electrons. The molecular formula is C40H45N5O13. The van der Waals surface area contributed by atoms with Crippen LogP contribution in [0.25, 0.3) is 17.1 Å². The van der Waals surface area contributed by atoms with Crippen molar-refractivity contribution in [1.29, 1.82) is 0 Å². The molecule has 3 aromatic rings. The number of aromatic hydroxyl groups is 1. The van der Waals surface area contributed by atoms with Gasteiger partial charge in [-0.25, -0.2) is 9.59 Å². The number of ether oxygens (including phenoxy) is 1. The molecule has 5 atom stereocenters. The van der Waals surface area contributed by atoms with Gasteiger partial charge < -0.3 is 54.7 Å². The molecule has 1 aromatic heterocycles. The highest BCUT2D eigenvalue weighted by atomic mass is 16.6. The molecule has 3 aliphatic rings. The second kappa shape index (κ2) is 15.9. The maximum atomic E-state index is 14.4.